The van der Waals surface area contributed by atoms with Crippen LogP contribution in [0.4, 0.5) is 5.69 Å². The quantitative estimate of drug-likeness (QED) is 0.831. The van der Waals surface area contributed by atoms with Crippen LogP contribution in [0.2, 0.25) is 0 Å². The summed E-state index contributed by atoms with van der Waals surface area (Å²) in [6.07, 6.45) is 2.00. The third-order valence-corrected chi connectivity index (χ3v) is 4.97. The molecule has 0 aromatic heterocycles. The molecule has 1 atom stereocenters. The van der Waals surface area contributed by atoms with E-state index in [0.29, 0.717) is 31.2 Å². The summed E-state index contributed by atoms with van der Waals surface area (Å²) in [5.74, 6) is 1.20. The van der Waals surface area contributed by atoms with Crippen molar-refractivity contribution in [1.29, 1.82) is 0 Å². The standard InChI is InChI=1S/C22H22N2O4/c1-2-22(26)24-10-9-15-11-17(8-7-16(15)13-24)23-21(25)12-18-14-27-19-5-3-4-6-20(19)28-18/h2-8,11,18H,1,9-10,12-14H2,(H,23,25). The molecule has 0 saturated carbocycles. The van der Waals surface area contributed by atoms with E-state index in [1.807, 2.05) is 42.5 Å². The van der Waals surface area contributed by atoms with E-state index in [0.717, 1.165) is 23.2 Å². The molecule has 2 aliphatic heterocycles. The van der Waals surface area contributed by atoms with Crippen LogP contribution >= 0.6 is 0 Å². The van der Waals surface area contributed by atoms with E-state index in [2.05, 4.69) is 11.9 Å². The van der Waals surface area contributed by atoms with Gasteiger partial charge in [-0.05, 0) is 47.9 Å². The van der Waals surface area contributed by atoms with Crippen LogP contribution < -0.4 is 14.8 Å². The van der Waals surface area contributed by atoms with E-state index in [4.69, 9.17) is 9.47 Å². The Morgan fingerprint density at radius 2 is 2.00 bits per heavy atom. The molecule has 0 bridgehead atoms. The Morgan fingerprint density at radius 3 is 2.82 bits per heavy atom. The van der Waals surface area contributed by atoms with Crippen molar-refractivity contribution in [2.75, 3.05) is 18.5 Å². The topological polar surface area (TPSA) is 67.9 Å². The van der Waals surface area contributed by atoms with Crippen molar-refractivity contribution >= 4 is 17.5 Å². The fourth-order valence-corrected chi connectivity index (χ4v) is 3.53. The molecule has 28 heavy (non-hydrogen) atoms. The Hall–Kier alpha value is -3.28. The fraction of sp³-hybridized carbons (Fsp3) is 0.273. The molecule has 2 aliphatic rings. The van der Waals surface area contributed by atoms with Crippen LogP contribution in [0.3, 0.4) is 0 Å². The van der Waals surface area contributed by atoms with Gasteiger partial charge in [0, 0.05) is 18.8 Å². The molecule has 6 nitrogen and oxygen atoms in total. The molecule has 144 valence electrons. The third kappa shape index (κ3) is 3.86. The maximum absolute atomic E-state index is 12.4. The zero-order chi connectivity index (χ0) is 19.5. The number of hydrogen-bond acceptors (Lipinski definition) is 4. The number of para-hydroxylation sites is 2. The lowest BCUT2D eigenvalue weighted by atomic mass is 9.99. The Bertz CT molecular complexity index is 925. The van der Waals surface area contributed by atoms with E-state index in [9.17, 15) is 9.59 Å². The molecule has 2 aromatic rings. The minimum Gasteiger partial charge on any atom is -0.486 e. The number of nitrogens with zero attached hydrogens (tertiary/aromatic N) is 1. The molecule has 2 amide bonds. The Balaban J connectivity index is 1.36. The molecule has 0 radical (unpaired) electrons. The van der Waals surface area contributed by atoms with E-state index < -0.39 is 0 Å². The fourth-order valence-electron chi connectivity index (χ4n) is 3.53. The van der Waals surface area contributed by atoms with Gasteiger partial charge in [0.15, 0.2) is 11.5 Å². The van der Waals surface area contributed by atoms with Crippen molar-refractivity contribution in [1.82, 2.24) is 4.90 Å². The molecule has 1 unspecified atom stereocenters. The number of carbonyl (C=O) groups is 2. The average molecular weight is 378 g/mol. The molecular formula is C22H22N2O4. The highest BCUT2D eigenvalue weighted by molar-refractivity contribution is 5.91. The van der Waals surface area contributed by atoms with Crippen LogP contribution in [0.5, 0.6) is 11.5 Å². The number of ether oxygens (including phenoxy) is 2. The van der Waals surface area contributed by atoms with Crippen molar-refractivity contribution in [2.45, 2.75) is 25.5 Å². The first kappa shape index (κ1) is 18.1. The number of anilines is 1. The van der Waals surface area contributed by atoms with Gasteiger partial charge in [0.05, 0.1) is 6.42 Å². The lowest BCUT2D eigenvalue weighted by molar-refractivity contribution is -0.126. The summed E-state index contributed by atoms with van der Waals surface area (Å²) in [6, 6.07) is 13.3. The van der Waals surface area contributed by atoms with Gasteiger partial charge in [0.2, 0.25) is 11.8 Å². The van der Waals surface area contributed by atoms with Crippen molar-refractivity contribution in [3.05, 3.63) is 66.2 Å². The highest BCUT2D eigenvalue weighted by Gasteiger charge is 2.24. The Morgan fingerprint density at radius 1 is 1.18 bits per heavy atom. The summed E-state index contributed by atoms with van der Waals surface area (Å²) in [4.78, 5) is 26.0. The minimum atomic E-state index is -0.314. The SMILES string of the molecule is C=CC(=O)N1CCc2cc(NC(=O)CC3COc4ccccc4O3)ccc2C1. The second-order valence-corrected chi connectivity index (χ2v) is 6.95. The largest absolute Gasteiger partial charge is 0.486 e. The van der Waals surface area contributed by atoms with E-state index in [1.165, 1.54) is 6.08 Å². The van der Waals surface area contributed by atoms with Gasteiger partial charge in [-0.25, -0.2) is 0 Å². The highest BCUT2D eigenvalue weighted by Crippen LogP contribution is 2.31. The van der Waals surface area contributed by atoms with Crippen LogP contribution in [0.15, 0.2) is 55.1 Å². The summed E-state index contributed by atoms with van der Waals surface area (Å²) in [5.41, 5.74) is 3.00. The van der Waals surface area contributed by atoms with Gasteiger partial charge in [-0.3, -0.25) is 9.59 Å². The number of hydrogen-bond donors (Lipinski definition) is 1. The first-order valence-corrected chi connectivity index (χ1v) is 9.34. The molecule has 6 heteroatoms. The van der Waals surface area contributed by atoms with Gasteiger partial charge in [-0.15, -0.1) is 0 Å². The summed E-state index contributed by atoms with van der Waals surface area (Å²) < 4.78 is 11.5. The lowest BCUT2D eigenvalue weighted by Crippen LogP contribution is -2.35. The predicted molar refractivity (Wildman–Crippen MR) is 105 cm³/mol. The smallest absolute Gasteiger partial charge is 0.246 e. The summed E-state index contributed by atoms with van der Waals surface area (Å²) in [6.45, 7) is 5.12. The number of rotatable bonds is 4. The van der Waals surface area contributed by atoms with Crippen LogP contribution in [0, 0.1) is 0 Å². The summed E-state index contributed by atoms with van der Waals surface area (Å²) >= 11 is 0. The molecule has 0 fully saturated rings. The van der Waals surface area contributed by atoms with Gasteiger partial charge in [-0.2, -0.15) is 0 Å². The van der Waals surface area contributed by atoms with Crippen molar-refractivity contribution in [3.8, 4) is 11.5 Å². The van der Waals surface area contributed by atoms with Crippen LogP contribution in [0.25, 0.3) is 0 Å². The monoisotopic (exact) mass is 378 g/mol. The van der Waals surface area contributed by atoms with E-state index in [1.54, 1.807) is 4.90 Å². The van der Waals surface area contributed by atoms with Crippen molar-refractivity contribution in [3.63, 3.8) is 0 Å². The summed E-state index contributed by atoms with van der Waals surface area (Å²) in [5, 5.41) is 2.94. The maximum atomic E-state index is 12.4. The second kappa shape index (κ2) is 7.76. The maximum Gasteiger partial charge on any atom is 0.246 e. The molecule has 0 aliphatic carbocycles. The zero-order valence-corrected chi connectivity index (χ0v) is 15.5. The Labute approximate surface area is 163 Å². The first-order chi connectivity index (χ1) is 13.6. The van der Waals surface area contributed by atoms with Crippen LogP contribution in [0.1, 0.15) is 17.5 Å². The van der Waals surface area contributed by atoms with Crippen molar-refractivity contribution in [2.24, 2.45) is 0 Å². The number of benzene rings is 2. The molecule has 0 saturated heterocycles. The molecule has 4 rings (SSSR count). The van der Waals surface area contributed by atoms with Crippen LogP contribution in [-0.4, -0.2) is 36.0 Å². The number of amides is 2. The highest BCUT2D eigenvalue weighted by atomic mass is 16.6. The first-order valence-electron chi connectivity index (χ1n) is 9.34. The zero-order valence-electron chi connectivity index (χ0n) is 15.5. The normalized spacial score (nSPS) is 17.4. The summed E-state index contributed by atoms with van der Waals surface area (Å²) in [7, 11) is 0. The lowest BCUT2D eigenvalue weighted by Gasteiger charge is -2.28. The predicted octanol–water partition coefficient (Wildman–Crippen LogP) is 2.93. The van der Waals surface area contributed by atoms with E-state index in [-0.39, 0.29) is 24.3 Å². The average Bonchev–Trinajstić information content (AvgIpc) is 2.72. The van der Waals surface area contributed by atoms with Gasteiger partial charge in [0.1, 0.15) is 12.7 Å². The molecule has 2 heterocycles. The molecule has 2 aromatic carbocycles. The van der Waals surface area contributed by atoms with E-state index >= 15 is 0 Å². The molecular weight excluding hydrogens is 356 g/mol. The number of nitrogens with one attached hydrogen (secondary N) is 1. The number of carbonyl (C=O) groups excluding carboxylic acids is 2. The van der Waals surface area contributed by atoms with Crippen LogP contribution in [-0.2, 0) is 22.6 Å². The van der Waals surface area contributed by atoms with Gasteiger partial charge in [-0.1, -0.05) is 24.8 Å². The third-order valence-electron chi connectivity index (χ3n) is 4.97. The molecule has 0 spiro atoms. The molecule has 1 N–H and O–H groups in total. The van der Waals surface area contributed by atoms with Gasteiger partial charge in [0.25, 0.3) is 0 Å². The van der Waals surface area contributed by atoms with Gasteiger partial charge >= 0.3 is 0 Å². The number of fused-ring (bicyclic) bond motifs is 2. The Kier molecular flexibility index (Phi) is 5.02. The minimum absolute atomic E-state index is 0.0562. The van der Waals surface area contributed by atoms with Gasteiger partial charge < -0.3 is 19.7 Å². The van der Waals surface area contributed by atoms with Crippen molar-refractivity contribution < 1.29 is 19.1 Å². The second-order valence-electron chi connectivity index (χ2n) is 6.95.